The number of carbonyl (C=O) groups excluding carboxylic acids is 1. The molecule has 2 aliphatic rings. The molecule has 2 fully saturated rings. The number of ether oxygens (including phenoxy) is 1. The van der Waals surface area contributed by atoms with Gasteiger partial charge in [0.15, 0.2) is 0 Å². The van der Waals surface area contributed by atoms with Crippen LogP contribution in [-0.2, 0) is 4.74 Å². The Morgan fingerprint density at radius 3 is 2.65 bits per heavy atom. The number of amides is 1. The quantitative estimate of drug-likeness (QED) is 0.849. The molecule has 0 radical (unpaired) electrons. The van der Waals surface area contributed by atoms with E-state index < -0.39 is 0 Å². The molecule has 6 heteroatoms. The van der Waals surface area contributed by atoms with Crippen molar-refractivity contribution in [3.05, 3.63) is 47.3 Å². The molecule has 138 valence electrons. The number of likely N-dealkylation sites (tertiary alicyclic amines) is 1. The van der Waals surface area contributed by atoms with Gasteiger partial charge in [0.25, 0.3) is 5.91 Å². The minimum atomic E-state index is 0.121. The largest absolute Gasteiger partial charge is 0.378 e. The first-order valence-corrected chi connectivity index (χ1v) is 9.37. The van der Waals surface area contributed by atoms with E-state index in [0.29, 0.717) is 13.2 Å². The van der Waals surface area contributed by atoms with E-state index in [0.717, 1.165) is 55.2 Å². The molecule has 6 nitrogen and oxygen atoms in total. The molecule has 0 N–H and O–H groups in total. The molecule has 0 spiro atoms. The van der Waals surface area contributed by atoms with Crippen molar-refractivity contribution < 1.29 is 9.53 Å². The van der Waals surface area contributed by atoms with Gasteiger partial charge in [-0.2, -0.15) is 5.10 Å². The highest BCUT2D eigenvalue weighted by Crippen LogP contribution is 2.28. The highest BCUT2D eigenvalue weighted by molar-refractivity contribution is 6.00. The molecule has 2 aromatic rings. The van der Waals surface area contributed by atoms with Gasteiger partial charge in [0.2, 0.25) is 0 Å². The normalized spacial score (nSPS) is 20.6. The van der Waals surface area contributed by atoms with Crippen molar-refractivity contribution in [2.75, 3.05) is 44.3 Å². The number of hydrogen-bond acceptors (Lipinski definition) is 4. The second-order valence-electron chi connectivity index (χ2n) is 7.18. The first-order valence-electron chi connectivity index (χ1n) is 9.37. The molecule has 1 aromatic carbocycles. The van der Waals surface area contributed by atoms with E-state index in [1.165, 1.54) is 0 Å². The Labute approximate surface area is 154 Å². The second kappa shape index (κ2) is 7.11. The molecule has 26 heavy (non-hydrogen) atoms. The van der Waals surface area contributed by atoms with Crippen LogP contribution < -0.4 is 4.90 Å². The number of aromatic nitrogens is 2. The lowest BCUT2D eigenvalue weighted by atomic mass is 10.1. The number of hydrogen-bond donors (Lipinski definition) is 0. The van der Waals surface area contributed by atoms with Gasteiger partial charge in [-0.15, -0.1) is 0 Å². The summed E-state index contributed by atoms with van der Waals surface area (Å²) in [5, 5.41) is 4.61. The van der Waals surface area contributed by atoms with E-state index in [-0.39, 0.29) is 11.9 Å². The minimum absolute atomic E-state index is 0.121. The van der Waals surface area contributed by atoms with E-state index in [9.17, 15) is 4.79 Å². The topological polar surface area (TPSA) is 50.6 Å². The highest BCUT2D eigenvalue weighted by Gasteiger charge is 2.31. The second-order valence-corrected chi connectivity index (χ2v) is 7.18. The third-order valence-corrected chi connectivity index (χ3v) is 5.33. The van der Waals surface area contributed by atoms with Gasteiger partial charge in [0.05, 0.1) is 30.5 Å². The van der Waals surface area contributed by atoms with Crippen LogP contribution in [0.2, 0.25) is 0 Å². The summed E-state index contributed by atoms with van der Waals surface area (Å²) in [6.45, 7) is 8.69. The maximum Gasteiger partial charge on any atom is 0.256 e. The van der Waals surface area contributed by atoms with Crippen molar-refractivity contribution in [3.8, 4) is 0 Å². The SMILES string of the molecule is Cc1cc(C)n([C@@H]2CCN(C(=O)c3ccccc3N3CCOCC3)C2)n1. The predicted molar refractivity (Wildman–Crippen MR) is 101 cm³/mol. The van der Waals surface area contributed by atoms with E-state index in [1.54, 1.807) is 0 Å². The Balaban J connectivity index is 1.53. The average molecular weight is 354 g/mol. The fourth-order valence-corrected chi connectivity index (χ4v) is 4.05. The van der Waals surface area contributed by atoms with Crippen molar-refractivity contribution in [1.82, 2.24) is 14.7 Å². The van der Waals surface area contributed by atoms with Crippen LogP contribution in [0.1, 0.15) is 34.2 Å². The minimum Gasteiger partial charge on any atom is -0.378 e. The molecular formula is C20H26N4O2. The summed E-state index contributed by atoms with van der Waals surface area (Å²) in [7, 11) is 0. The molecule has 2 saturated heterocycles. The maximum atomic E-state index is 13.2. The van der Waals surface area contributed by atoms with E-state index >= 15 is 0 Å². The molecule has 0 aliphatic carbocycles. The van der Waals surface area contributed by atoms with Gasteiger partial charge in [-0.3, -0.25) is 9.48 Å². The Morgan fingerprint density at radius 2 is 1.92 bits per heavy atom. The first kappa shape index (κ1) is 17.1. The Morgan fingerprint density at radius 1 is 1.15 bits per heavy atom. The Kier molecular flexibility index (Phi) is 4.68. The van der Waals surface area contributed by atoms with Gasteiger partial charge in [0.1, 0.15) is 0 Å². The predicted octanol–water partition coefficient (Wildman–Crippen LogP) is 2.42. The van der Waals surface area contributed by atoms with Crippen LogP contribution in [0.5, 0.6) is 0 Å². The molecule has 1 aromatic heterocycles. The number of carbonyl (C=O) groups is 1. The number of para-hydroxylation sites is 1. The molecule has 0 saturated carbocycles. The number of nitrogens with zero attached hydrogens (tertiary/aromatic N) is 4. The summed E-state index contributed by atoms with van der Waals surface area (Å²) < 4.78 is 7.53. The standard InChI is InChI=1S/C20H26N4O2/c1-15-13-16(2)24(21-15)17-7-8-23(14-17)20(25)18-5-3-4-6-19(18)22-9-11-26-12-10-22/h3-6,13,17H,7-12,14H2,1-2H3/t17-/m1/s1. The number of rotatable bonds is 3. The summed E-state index contributed by atoms with van der Waals surface area (Å²) >= 11 is 0. The fraction of sp³-hybridized carbons (Fsp3) is 0.500. The number of aryl methyl sites for hydroxylation is 2. The van der Waals surface area contributed by atoms with Crippen molar-refractivity contribution in [3.63, 3.8) is 0 Å². The maximum absolute atomic E-state index is 13.2. The van der Waals surface area contributed by atoms with Crippen LogP contribution in [0, 0.1) is 13.8 Å². The molecule has 0 bridgehead atoms. The zero-order valence-corrected chi connectivity index (χ0v) is 15.5. The third-order valence-electron chi connectivity index (χ3n) is 5.33. The first-order chi connectivity index (χ1) is 12.6. The van der Waals surface area contributed by atoms with Crippen molar-refractivity contribution >= 4 is 11.6 Å². The van der Waals surface area contributed by atoms with Crippen LogP contribution >= 0.6 is 0 Å². The summed E-state index contributed by atoms with van der Waals surface area (Å²) in [6, 6.07) is 10.3. The van der Waals surface area contributed by atoms with Gasteiger partial charge in [0, 0.05) is 37.6 Å². The lowest BCUT2D eigenvalue weighted by Gasteiger charge is -2.31. The lowest BCUT2D eigenvalue weighted by molar-refractivity contribution is 0.0786. The smallest absolute Gasteiger partial charge is 0.256 e. The summed E-state index contributed by atoms with van der Waals surface area (Å²) in [5.41, 5.74) is 4.01. The zero-order chi connectivity index (χ0) is 18.1. The molecule has 2 aliphatic heterocycles. The Bertz CT molecular complexity index is 795. The van der Waals surface area contributed by atoms with Gasteiger partial charge < -0.3 is 14.5 Å². The lowest BCUT2D eigenvalue weighted by Crippen LogP contribution is -2.38. The average Bonchev–Trinajstić information content (AvgIpc) is 3.28. The molecule has 4 rings (SSSR count). The summed E-state index contributed by atoms with van der Waals surface area (Å²) in [5.74, 6) is 0.121. The van der Waals surface area contributed by atoms with Crippen LogP contribution in [0.25, 0.3) is 0 Å². The Hall–Kier alpha value is -2.34. The third kappa shape index (κ3) is 3.21. The zero-order valence-electron chi connectivity index (χ0n) is 15.5. The summed E-state index contributed by atoms with van der Waals surface area (Å²) in [4.78, 5) is 17.4. The number of anilines is 1. The van der Waals surface area contributed by atoms with Crippen molar-refractivity contribution in [2.24, 2.45) is 0 Å². The van der Waals surface area contributed by atoms with Crippen molar-refractivity contribution in [2.45, 2.75) is 26.3 Å². The van der Waals surface area contributed by atoms with Gasteiger partial charge >= 0.3 is 0 Å². The summed E-state index contributed by atoms with van der Waals surface area (Å²) in [6.07, 6.45) is 0.952. The number of benzene rings is 1. The van der Waals surface area contributed by atoms with Gasteiger partial charge in [-0.1, -0.05) is 12.1 Å². The van der Waals surface area contributed by atoms with E-state index in [4.69, 9.17) is 4.74 Å². The van der Waals surface area contributed by atoms with Crippen LogP contribution in [-0.4, -0.2) is 60.0 Å². The molecule has 3 heterocycles. The number of morpholine rings is 1. The monoisotopic (exact) mass is 354 g/mol. The van der Waals surface area contributed by atoms with Crippen molar-refractivity contribution in [1.29, 1.82) is 0 Å². The van der Waals surface area contributed by atoms with Crippen LogP contribution in [0.3, 0.4) is 0 Å². The van der Waals surface area contributed by atoms with E-state index in [2.05, 4.69) is 27.7 Å². The highest BCUT2D eigenvalue weighted by atomic mass is 16.5. The van der Waals surface area contributed by atoms with Crippen LogP contribution in [0.15, 0.2) is 30.3 Å². The van der Waals surface area contributed by atoms with Gasteiger partial charge in [-0.25, -0.2) is 0 Å². The molecule has 1 atom stereocenters. The molecule has 0 unspecified atom stereocenters. The fourth-order valence-electron chi connectivity index (χ4n) is 4.05. The van der Waals surface area contributed by atoms with E-state index in [1.807, 2.05) is 36.1 Å². The van der Waals surface area contributed by atoms with Crippen LogP contribution in [0.4, 0.5) is 5.69 Å². The molecule has 1 amide bonds. The molecular weight excluding hydrogens is 328 g/mol. The van der Waals surface area contributed by atoms with Gasteiger partial charge in [-0.05, 0) is 38.5 Å².